The second-order valence-electron chi connectivity index (χ2n) is 4.67. The number of aromatic nitrogens is 1. The van der Waals surface area contributed by atoms with E-state index in [4.69, 9.17) is 0 Å². The van der Waals surface area contributed by atoms with Crippen LogP contribution in [-0.2, 0) is 0 Å². The number of hydrogen-bond donors (Lipinski definition) is 1. The maximum Gasteiger partial charge on any atom is 0.256 e. The molecule has 0 radical (unpaired) electrons. The number of carbonyl (C=O) groups excluding carboxylic acids is 1. The van der Waals surface area contributed by atoms with Crippen LogP contribution in [0.2, 0.25) is 0 Å². The van der Waals surface area contributed by atoms with E-state index in [1.54, 1.807) is 12.4 Å². The molecule has 18 heavy (non-hydrogen) atoms. The van der Waals surface area contributed by atoms with Crippen LogP contribution in [0.3, 0.4) is 0 Å². The van der Waals surface area contributed by atoms with E-state index >= 15 is 0 Å². The molecule has 0 bridgehead atoms. The molecule has 2 rings (SSSR count). The summed E-state index contributed by atoms with van der Waals surface area (Å²) in [6, 6.07) is 2.26. The van der Waals surface area contributed by atoms with Gasteiger partial charge in [0, 0.05) is 25.3 Å². The Morgan fingerprint density at radius 3 is 2.89 bits per heavy atom. The standard InChI is InChI=1S/C14H21N3O/c1-3-8-16-13-10-15-9-7-12(13)14(18)17(4-2)11-5-6-11/h7,9-11,16H,3-6,8H2,1-2H3. The summed E-state index contributed by atoms with van der Waals surface area (Å²) in [5.74, 6) is 0.126. The molecule has 1 aromatic heterocycles. The Hall–Kier alpha value is -1.58. The van der Waals surface area contributed by atoms with Crippen LogP contribution in [0.15, 0.2) is 18.5 Å². The predicted molar refractivity (Wildman–Crippen MR) is 72.8 cm³/mol. The molecule has 1 aliphatic rings. The third kappa shape index (κ3) is 2.81. The summed E-state index contributed by atoms with van der Waals surface area (Å²) in [5, 5.41) is 3.27. The van der Waals surface area contributed by atoms with E-state index in [9.17, 15) is 4.79 Å². The van der Waals surface area contributed by atoms with Gasteiger partial charge in [-0.3, -0.25) is 9.78 Å². The summed E-state index contributed by atoms with van der Waals surface area (Å²) >= 11 is 0. The molecule has 0 aliphatic heterocycles. The van der Waals surface area contributed by atoms with Gasteiger partial charge in [-0.15, -0.1) is 0 Å². The number of pyridine rings is 1. The molecule has 1 heterocycles. The van der Waals surface area contributed by atoms with Crippen LogP contribution >= 0.6 is 0 Å². The van der Waals surface area contributed by atoms with Gasteiger partial charge in [-0.05, 0) is 32.3 Å². The molecule has 98 valence electrons. The molecule has 0 saturated heterocycles. The van der Waals surface area contributed by atoms with Crippen LogP contribution in [-0.4, -0.2) is 34.9 Å². The lowest BCUT2D eigenvalue weighted by molar-refractivity contribution is 0.0753. The monoisotopic (exact) mass is 247 g/mol. The smallest absolute Gasteiger partial charge is 0.256 e. The third-order valence-corrected chi connectivity index (χ3v) is 3.21. The van der Waals surface area contributed by atoms with Crippen molar-refractivity contribution in [2.24, 2.45) is 0 Å². The average molecular weight is 247 g/mol. The maximum atomic E-state index is 12.5. The summed E-state index contributed by atoms with van der Waals surface area (Å²) in [6.07, 6.45) is 6.74. The highest BCUT2D eigenvalue weighted by atomic mass is 16.2. The molecule has 1 saturated carbocycles. The van der Waals surface area contributed by atoms with Crippen molar-refractivity contribution in [1.82, 2.24) is 9.88 Å². The molecule has 1 fully saturated rings. The molecule has 0 spiro atoms. The highest BCUT2D eigenvalue weighted by molar-refractivity contribution is 5.99. The van der Waals surface area contributed by atoms with Gasteiger partial charge in [-0.1, -0.05) is 6.92 Å². The van der Waals surface area contributed by atoms with Crippen LogP contribution in [0.4, 0.5) is 5.69 Å². The van der Waals surface area contributed by atoms with Gasteiger partial charge < -0.3 is 10.2 Å². The first-order chi connectivity index (χ1) is 8.77. The Balaban J connectivity index is 2.17. The number of hydrogen-bond acceptors (Lipinski definition) is 3. The summed E-state index contributed by atoms with van der Waals surface area (Å²) < 4.78 is 0. The minimum absolute atomic E-state index is 0.126. The van der Waals surface area contributed by atoms with Crippen LogP contribution in [0.25, 0.3) is 0 Å². The maximum absolute atomic E-state index is 12.5. The van der Waals surface area contributed by atoms with Crippen LogP contribution in [0.5, 0.6) is 0 Å². The van der Waals surface area contributed by atoms with Crippen LogP contribution < -0.4 is 5.32 Å². The molecule has 1 aromatic rings. The van der Waals surface area contributed by atoms with Crippen molar-refractivity contribution < 1.29 is 4.79 Å². The zero-order valence-electron chi connectivity index (χ0n) is 11.1. The summed E-state index contributed by atoms with van der Waals surface area (Å²) in [4.78, 5) is 18.6. The van der Waals surface area contributed by atoms with Crippen LogP contribution in [0, 0.1) is 0 Å². The molecule has 0 aromatic carbocycles. The fraction of sp³-hybridized carbons (Fsp3) is 0.571. The van der Waals surface area contributed by atoms with Crippen molar-refractivity contribution in [3.05, 3.63) is 24.0 Å². The van der Waals surface area contributed by atoms with E-state index in [0.717, 1.165) is 43.6 Å². The fourth-order valence-corrected chi connectivity index (χ4v) is 2.09. The van der Waals surface area contributed by atoms with Crippen molar-refractivity contribution in [2.75, 3.05) is 18.4 Å². The number of amides is 1. The Morgan fingerprint density at radius 1 is 1.50 bits per heavy atom. The first-order valence-electron chi connectivity index (χ1n) is 6.76. The number of nitrogens with one attached hydrogen (secondary N) is 1. The highest BCUT2D eigenvalue weighted by Crippen LogP contribution is 2.29. The molecule has 1 aliphatic carbocycles. The molecule has 1 amide bonds. The van der Waals surface area contributed by atoms with Crippen molar-refractivity contribution in [3.8, 4) is 0 Å². The van der Waals surface area contributed by atoms with Gasteiger partial charge in [0.2, 0.25) is 0 Å². The molecular weight excluding hydrogens is 226 g/mol. The van der Waals surface area contributed by atoms with Gasteiger partial charge in [0.25, 0.3) is 5.91 Å². The normalized spacial score (nSPS) is 14.3. The minimum atomic E-state index is 0.126. The summed E-state index contributed by atoms with van der Waals surface area (Å²) in [6.45, 7) is 5.78. The SMILES string of the molecule is CCCNc1cnccc1C(=O)N(CC)C1CC1. The van der Waals surface area contributed by atoms with E-state index in [2.05, 4.69) is 17.2 Å². The van der Waals surface area contributed by atoms with E-state index in [-0.39, 0.29) is 5.91 Å². The predicted octanol–water partition coefficient (Wildman–Crippen LogP) is 2.53. The number of rotatable bonds is 6. The number of carbonyl (C=O) groups is 1. The number of nitrogens with zero attached hydrogens (tertiary/aromatic N) is 2. The van der Waals surface area contributed by atoms with E-state index < -0.39 is 0 Å². The second-order valence-corrected chi connectivity index (χ2v) is 4.67. The third-order valence-electron chi connectivity index (χ3n) is 3.21. The van der Waals surface area contributed by atoms with Crippen molar-refractivity contribution in [2.45, 2.75) is 39.2 Å². The van der Waals surface area contributed by atoms with Gasteiger partial charge in [-0.25, -0.2) is 0 Å². The quantitative estimate of drug-likeness (QED) is 0.840. The lowest BCUT2D eigenvalue weighted by Crippen LogP contribution is -2.33. The lowest BCUT2D eigenvalue weighted by atomic mass is 10.2. The van der Waals surface area contributed by atoms with E-state index in [1.165, 1.54) is 0 Å². The second kappa shape index (κ2) is 5.85. The minimum Gasteiger partial charge on any atom is -0.383 e. The van der Waals surface area contributed by atoms with Crippen molar-refractivity contribution >= 4 is 11.6 Å². The van der Waals surface area contributed by atoms with Crippen LogP contribution in [0.1, 0.15) is 43.5 Å². The molecule has 0 atom stereocenters. The van der Waals surface area contributed by atoms with Gasteiger partial charge in [0.1, 0.15) is 0 Å². The Bertz CT molecular complexity index is 415. The average Bonchev–Trinajstić information content (AvgIpc) is 3.22. The Labute approximate surface area is 108 Å². The lowest BCUT2D eigenvalue weighted by Gasteiger charge is -2.22. The number of anilines is 1. The van der Waals surface area contributed by atoms with Crippen molar-refractivity contribution in [1.29, 1.82) is 0 Å². The van der Waals surface area contributed by atoms with Gasteiger partial charge >= 0.3 is 0 Å². The highest BCUT2D eigenvalue weighted by Gasteiger charge is 2.32. The first kappa shape index (κ1) is 12.9. The first-order valence-corrected chi connectivity index (χ1v) is 6.76. The zero-order chi connectivity index (χ0) is 13.0. The molecule has 0 unspecified atom stereocenters. The Morgan fingerprint density at radius 2 is 2.28 bits per heavy atom. The topological polar surface area (TPSA) is 45.2 Å². The summed E-state index contributed by atoms with van der Waals surface area (Å²) in [5.41, 5.74) is 1.59. The largest absolute Gasteiger partial charge is 0.383 e. The van der Waals surface area contributed by atoms with Gasteiger partial charge in [0.15, 0.2) is 0 Å². The fourth-order valence-electron chi connectivity index (χ4n) is 2.09. The molecule has 4 nitrogen and oxygen atoms in total. The van der Waals surface area contributed by atoms with Gasteiger partial charge in [-0.2, -0.15) is 0 Å². The summed E-state index contributed by atoms with van der Waals surface area (Å²) in [7, 11) is 0. The Kier molecular flexibility index (Phi) is 4.18. The van der Waals surface area contributed by atoms with E-state index in [1.807, 2.05) is 17.9 Å². The molecule has 4 heteroatoms. The van der Waals surface area contributed by atoms with E-state index in [0.29, 0.717) is 6.04 Å². The molecule has 1 N–H and O–H groups in total. The van der Waals surface area contributed by atoms with Gasteiger partial charge in [0.05, 0.1) is 17.4 Å². The zero-order valence-corrected chi connectivity index (χ0v) is 11.1. The molecular formula is C14H21N3O. The van der Waals surface area contributed by atoms with Crippen molar-refractivity contribution in [3.63, 3.8) is 0 Å².